The quantitative estimate of drug-likeness (QED) is 0.513. The minimum absolute atomic E-state index is 0.0118. The zero-order valence-corrected chi connectivity index (χ0v) is 19.2. The van der Waals surface area contributed by atoms with Crippen LogP contribution >= 0.6 is 0 Å². The lowest BCUT2D eigenvalue weighted by Crippen LogP contribution is -2.22. The second-order valence-electron chi connectivity index (χ2n) is 8.49. The van der Waals surface area contributed by atoms with Gasteiger partial charge in [0.1, 0.15) is 28.9 Å². The van der Waals surface area contributed by atoms with Crippen molar-refractivity contribution >= 4 is 5.78 Å². The number of aromatic hydroxyl groups is 3. The topological polar surface area (TPSA) is 96.2 Å². The summed E-state index contributed by atoms with van der Waals surface area (Å²) in [7, 11) is 1.45. The molecule has 1 aliphatic rings. The summed E-state index contributed by atoms with van der Waals surface area (Å²) in [5.74, 6) is -0.0979. The normalized spacial score (nSPS) is 14.9. The molecule has 0 radical (unpaired) electrons. The summed E-state index contributed by atoms with van der Waals surface area (Å²) in [6.07, 6.45) is 3.88. The molecule has 1 heterocycles. The number of rotatable bonds is 6. The molecular formula is C26H30O6. The average Bonchev–Trinajstić information content (AvgIpc) is 2.72. The minimum atomic E-state index is -0.641. The van der Waals surface area contributed by atoms with Gasteiger partial charge in [-0.1, -0.05) is 29.4 Å². The van der Waals surface area contributed by atoms with Crippen LogP contribution in [0.3, 0.4) is 0 Å². The maximum absolute atomic E-state index is 13.2. The highest BCUT2D eigenvalue weighted by atomic mass is 16.5. The zero-order chi connectivity index (χ0) is 23.6. The van der Waals surface area contributed by atoms with Crippen LogP contribution in [-0.2, 0) is 12.8 Å². The van der Waals surface area contributed by atoms with Gasteiger partial charge in [-0.3, -0.25) is 4.79 Å². The number of carbonyl (C=O) groups is 1. The van der Waals surface area contributed by atoms with Crippen molar-refractivity contribution < 1.29 is 29.6 Å². The first-order valence-corrected chi connectivity index (χ1v) is 10.6. The summed E-state index contributed by atoms with van der Waals surface area (Å²) in [6, 6.07) is 4.77. The molecule has 2 aromatic carbocycles. The van der Waals surface area contributed by atoms with Gasteiger partial charge in [-0.2, -0.15) is 0 Å². The number of Topliss-reactive ketones (excluding diaryl/α,β-unsaturated/α-hetero) is 1. The van der Waals surface area contributed by atoms with E-state index in [1.165, 1.54) is 13.2 Å². The Morgan fingerprint density at radius 1 is 1.03 bits per heavy atom. The number of carbonyl (C=O) groups excluding carboxylic acids is 1. The van der Waals surface area contributed by atoms with E-state index in [0.29, 0.717) is 29.5 Å². The van der Waals surface area contributed by atoms with Crippen LogP contribution in [0.25, 0.3) is 0 Å². The van der Waals surface area contributed by atoms with Gasteiger partial charge in [0, 0.05) is 11.1 Å². The van der Waals surface area contributed by atoms with Crippen LogP contribution in [0.2, 0.25) is 0 Å². The van der Waals surface area contributed by atoms with E-state index in [9.17, 15) is 20.1 Å². The molecule has 0 bridgehead atoms. The lowest BCUT2D eigenvalue weighted by molar-refractivity contribution is 0.0841. The molecular weight excluding hydrogens is 408 g/mol. The Morgan fingerprint density at radius 2 is 1.66 bits per heavy atom. The first-order valence-electron chi connectivity index (χ1n) is 10.6. The van der Waals surface area contributed by atoms with E-state index in [-0.39, 0.29) is 46.5 Å². The van der Waals surface area contributed by atoms with Gasteiger partial charge in [-0.25, -0.2) is 0 Å². The minimum Gasteiger partial charge on any atom is -0.507 e. The van der Waals surface area contributed by atoms with Crippen molar-refractivity contribution in [1.82, 2.24) is 0 Å². The largest absolute Gasteiger partial charge is 0.507 e. The van der Waals surface area contributed by atoms with Gasteiger partial charge in [-0.15, -0.1) is 0 Å². The van der Waals surface area contributed by atoms with E-state index < -0.39 is 6.10 Å². The Balaban J connectivity index is 2.16. The second-order valence-corrected chi connectivity index (χ2v) is 8.49. The third-order valence-electron chi connectivity index (χ3n) is 5.51. The van der Waals surface area contributed by atoms with Crippen LogP contribution in [0.15, 0.2) is 41.5 Å². The molecule has 0 spiro atoms. The number of allylic oxidation sites excluding steroid dienone is 4. The molecule has 0 saturated carbocycles. The summed E-state index contributed by atoms with van der Waals surface area (Å²) < 4.78 is 11.4. The lowest BCUT2D eigenvalue weighted by Gasteiger charge is -2.29. The number of phenols is 3. The zero-order valence-electron chi connectivity index (χ0n) is 19.2. The van der Waals surface area contributed by atoms with Crippen molar-refractivity contribution in [1.29, 1.82) is 0 Å². The average molecular weight is 439 g/mol. The van der Waals surface area contributed by atoms with Gasteiger partial charge < -0.3 is 24.8 Å². The molecule has 0 aromatic heterocycles. The standard InChI is InChI=1S/C26H30O6/c1-14(2)6-9-17-24(29)18(10-7-15(3)4)26-23(25(17)30)20(28)13-21(32-26)16-8-11-19(27)22(12-16)31-5/h6-8,11-12,21,27,29-30H,9-10,13H2,1-5H3/t21-/m1/s1. The van der Waals surface area contributed by atoms with Crippen molar-refractivity contribution in [2.24, 2.45) is 0 Å². The summed E-state index contributed by atoms with van der Waals surface area (Å²) in [4.78, 5) is 13.2. The number of hydrogen-bond acceptors (Lipinski definition) is 6. The number of ether oxygens (including phenoxy) is 2. The van der Waals surface area contributed by atoms with Crippen LogP contribution in [0.1, 0.15) is 67.3 Å². The third-order valence-corrected chi connectivity index (χ3v) is 5.51. The lowest BCUT2D eigenvalue weighted by atomic mass is 9.89. The van der Waals surface area contributed by atoms with Gasteiger partial charge in [-0.05, 0) is 58.2 Å². The summed E-state index contributed by atoms with van der Waals surface area (Å²) in [5.41, 5.74) is 3.65. The van der Waals surface area contributed by atoms with Gasteiger partial charge in [0.25, 0.3) is 0 Å². The van der Waals surface area contributed by atoms with E-state index in [4.69, 9.17) is 9.47 Å². The van der Waals surface area contributed by atoms with Crippen molar-refractivity contribution in [3.8, 4) is 28.7 Å². The number of hydrogen-bond donors (Lipinski definition) is 3. The first kappa shape index (κ1) is 23.3. The predicted molar refractivity (Wildman–Crippen MR) is 123 cm³/mol. The molecule has 6 nitrogen and oxygen atoms in total. The van der Waals surface area contributed by atoms with E-state index >= 15 is 0 Å². The van der Waals surface area contributed by atoms with Crippen LogP contribution < -0.4 is 9.47 Å². The van der Waals surface area contributed by atoms with Crippen molar-refractivity contribution in [3.63, 3.8) is 0 Å². The molecule has 0 unspecified atom stereocenters. The van der Waals surface area contributed by atoms with Crippen molar-refractivity contribution in [2.75, 3.05) is 7.11 Å². The molecule has 3 N–H and O–H groups in total. The Morgan fingerprint density at radius 3 is 2.25 bits per heavy atom. The molecule has 32 heavy (non-hydrogen) atoms. The predicted octanol–water partition coefficient (Wildman–Crippen LogP) is 5.54. The smallest absolute Gasteiger partial charge is 0.174 e. The highest BCUT2D eigenvalue weighted by Gasteiger charge is 2.35. The third kappa shape index (κ3) is 4.59. The van der Waals surface area contributed by atoms with Crippen molar-refractivity contribution in [2.45, 2.75) is 53.1 Å². The Hall–Kier alpha value is -3.41. The number of ketones is 1. The molecule has 0 saturated heterocycles. The molecule has 0 fully saturated rings. The molecule has 1 atom stereocenters. The Kier molecular flexibility index (Phi) is 6.82. The summed E-state index contributed by atoms with van der Waals surface area (Å²) >= 11 is 0. The molecule has 6 heteroatoms. The van der Waals surface area contributed by atoms with Crippen LogP contribution in [0.5, 0.6) is 28.7 Å². The maximum Gasteiger partial charge on any atom is 0.174 e. The van der Waals surface area contributed by atoms with Gasteiger partial charge in [0.2, 0.25) is 0 Å². The van der Waals surface area contributed by atoms with Crippen LogP contribution in [0.4, 0.5) is 0 Å². The fraction of sp³-hybridized carbons (Fsp3) is 0.346. The number of fused-ring (bicyclic) bond motifs is 1. The number of methoxy groups -OCH3 is 1. The van der Waals surface area contributed by atoms with E-state index in [2.05, 4.69) is 0 Å². The molecule has 0 aliphatic carbocycles. The number of phenolic OH excluding ortho intramolecular Hbond substituents is 3. The maximum atomic E-state index is 13.2. The molecule has 170 valence electrons. The van der Waals surface area contributed by atoms with Gasteiger partial charge >= 0.3 is 0 Å². The first-order chi connectivity index (χ1) is 15.1. The van der Waals surface area contributed by atoms with Crippen LogP contribution in [0, 0.1) is 0 Å². The van der Waals surface area contributed by atoms with Gasteiger partial charge in [0.05, 0.1) is 13.5 Å². The van der Waals surface area contributed by atoms with E-state index in [0.717, 1.165) is 11.1 Å². The van der Waals surface area contributed by atoms with Gasteiger partial charge in [0.15, 0.2) is 17.3 Å². The molecule has 2 aromatic rings. The van der Waals surface area contributed by atoms with E-state index in [1.807, 2.05) is 39.8 Å². The highest BCUT2D eigenvalue weighted by molar-refractivity contribution is 6.04. The molecule has 1 aliphatic heterocycles. The molecule has 0 amide bonds. The monoisotopic (exact) mass is 438 g/mol. The Bertz CT molecular complexity index is 1100. The highest BCUT2D eigenvalue weighted by Crippen LogP contribution is 2.49. The molecule has 3 rings (SSSR count). The number of benzene rings is 2. The second kappa shape index (κ2) is 9.39. The summed E-state index contributed by atoms with van der Waals surface area (Å²) in [6.45, 7) is 7.76. The summed E-state index contributed by atoms with van der Waals surface area (Å²) in [5, 5.41) is 31.9. The fourth-order valence-corrected chi connectivity index (χ4v) is 3.73. The fourth-order valence-electron chi connectivity index (χ4n) is 3.73. The van der Waals surface area contributed by atoms with E-state index in [1.54, 1.807) is 12.1 Å². The van der Waals surface area contributed by atoms with Crippen molar-refractivity contribution in [3.05, 3.63) is 63.8 Å². The van der Waals surface area contributed by atoms with Crippen LogP contribution in [-0.4, -0.2) is 28.2 Å². The Labute approximate surface area is 188 Å². The SMILES string of the molecule is COc1cc([C@H]2CC(=O)c3c(O)c(CC=C(C)C)c(O)c(CC=C(C)C)c3O2)ccc1O.